The molecule has 43 heavy (non-hydrogen) atoms. The zero-order chi connectivity index (χ0) is 30.9. The molecule has 2 N–H and O–H groups in total. The molecule has 12 nitrogen and oxygen atoms in total. The van der Waals surface area contributed by atoms with Crippen molar-refractivity contribution in [2.45, 2.75) is 20.0 Å². The summed E-state index contributed by atoms with van der Waals surface area (Å²) >= 11 is 0. The van der Waals surface area contributed by atoms with Gasteiger partial charge in [0.05, 0.1) is 24.3 Å². The number of hydrogen-bond donors (Lipinski definition) is 2. The van der Waals surface area contributed by atoms with E-state index in [0.29, 0.717) is 47.1 Å². The number of benzene rings is 3. The summed E-state index contributed by atoms with van der Waals surface area (Å²) in [7, 11) is 1.47. The fraction of sp³-hybridized carbons (Fsp3) is 0.194. The molecule has 1 saturated heterocycles. The number of nitro benzene ring substituents is 1. The lowest BCUT2D eigenvalue weighted by Crippen LogP contribution is -2.38. The van der Waals surface area contributed by atoms with Gasteiger partial charge in [-0.2, -0.15) is 0 Å². The van der Waals surface area contributed by atoms with E-state index in [2.05, 4.69) is 17.2 Å². The van der Waals surface area contributed by atoms with Crippen molar-refractivity contribution in [2.24, 2.45) is 0 Å². The van der Waals surface area contributed by atoms with Gasteiger partial charge < -0.3 is 24.8 Å². The van der Waals surface area contributed by atoms with Crippen molar-refractivity contribution in [3.8, 4) is 17.2 Å². The van der Waals surface area contributed by atoms with E-state index in [1.807, 2.05) is 6.92 Å². The van der Waals surface area contributed by atoms with Crippen LogP contribution < -0.4 is 24.8 Å². The van der Waals surface area contributed by atoms with Crippen molar-refractivity contribution in [2.75, 3.05) is 25.6 Å². The van der Waals surface area contributed by atoms with E-state index in [0.717, 1.165) is 10.5 Å². The molecule has 0 spiro atoms. The quantitative estimate of drug-likeness (QED) is 0.0950. The number of ether oxygens (including phenoxy) is 3. The summed E-state index contributed by atoms with van der Waals surface area (Å²) in [6.07, 6.45) is 3.58. The number of urea groups is 1. The zero-order valence-electron chi connectivity index (χ0n) is 23.6. The first-order chi connectivity index (χ1) is 20.7. The van der Waals surface area contributed by atoms with E-state index >= 15 is 0 Å². The number of amides is 4. The van der Waals surface area contributed by atoms with Gasteiger partial charge in [0, 0.05) is 17.7 Å². The minimum absolute atomic E-state index is 0.0124. The van der Waals surface area contributed by atoms with E-state index < -0.39 is 29.3 Å². The van der Waals surface area contributed by atoms with Crippen LogP contribution in [-0.2, 0) is 22.6 Å². The van der Waals surface area contributed by atoms with Crippen LogP contribution in [0.25, 0.3) is 6.08 Å². The third-order valence-electron chi connectivity index (χ3n) is 6.30. The fourth-order valence-corrected chi connectivity index (χ4v) is 4.33. The van der Waals surface area contributed by atoms with Gasteiger partial charge in [-0.3, -0.25) is 19.7 Å². The molecule has 0 radical (unpaired) electrons. The number of carbonyl (C=O) groups is 3. The van der Waals surface area contributed by atoms with Crippen LogP contribution in [0.5, 0.6) is 17.2 Å². The van der Waals surface area contributed by atoms with Gasteiger partial charge in [-0.25, -0.2) is 9.69 Å². The Morgan fingerprint density at radius 3 is 2.51 bits per heavy atom. The summed E-state index contributed by atoms with van der Waals surface area (Å²) in [6.45, 7) is 5.58. The molecule has 0 aromatic heterocycles. The van der Waals surface area contributed by atoms with Crippen LogP contribution in [0.1, 0.15) is 23.6 Å². The zero-order valence-corrected chi connectivity index (χ0v) is 23.6. The molecular weight excluding hydrogens is 556 g/mol. The minimum atomic E-state index is -0.731. The summed E-state index contributed by atoms with van der Waals surface area (Å²) in [5.74, 6) is 0.0610. The number of para-hydroxylation sites is 2. The molecule has 4 rings (SSSR count). The second-order valence-electron chi connectivity index (χ2n) is 9.27. The maximum Gasteiger partial charge on any atom is 0.329 e. The number of anilines is 1. The number of non-ortho nitro benzene ring substituents is 1. The Balaban J connectivity index is 1.54. The second kappa shape index (κ2) is 13.8. The van der Waals surface area contributed by atoms with Crippen molar-refractivity contribution < 1.29 is 33.5 Å². The van der Waals surface area contributed by atoms with Gasteiger partial charge in [0.15, 0.2) is 11.5 Å². The molecule has 4 amide bonds. The molecule has 12 heteroatoms. The average Bonchev–Trinajstić information content (AvgIpc) is 3.24. The number of imide groups is 1. The van der Waals surface area contributed by atoms with Gasteiger partial charge in [-0.1, -0.05) is 18.2 Å². The van der Waals surface area contributed by atoms with E-state index in [4.69, 9.17) is 14.2 Å². The summed E-state index contributed by atoms with van der Waals surface area (Å²) in [6, 6.07) is 15.5. The highest BCUT2D eigenvalue weighted by molar-refractivity contribution is 6.16. The lowest BCUT2D eigenvalue weighted by molar-refractivity contribution is -0.384. The molecule has 1 fully saturated rings. The highest BCUT2D eigenvalue weighted by atomic mass is 16.6. The third kappa shape index (κ3) is 7.36. The van der Waals surface area contributed by atoms with Crippen LogP contribution in [0.2, 0.25) is 0 Å². The van der Waals surface area contributed by atoms with Crippen molar-refractivity contribution in [3.63, 3.8) is 0 Å². The number of nitrogens with one attached hydrogen (secondary N) is 2. The van der Waals surface area contributed by atoms with Crippen LogP contribution in [0, 0.1) is 10.1 Å². The topological polar surface area (TPSA) is 149 Å². The first kappa shape index (κ1) is 30.3. The maximum absolute atomic E-state index is 13.1. The summed E-state index contributed by atoms with van der Waals surface area (Å²) < 4.78 is 17.2. The normalized spacial score (nSPS) is 13.4. The molecule has 1 heterocycles. The number of hydrogen-bond acceptors (Lipinski definition) is 8. The molecule has 222 valence electrons. The molecule has 0 saturated carbocycles. The first-order valence-corrected chi connectivity index (χ1v) is 13.3. The number of allylic oxidation sites excluding steroid dienone is 1. The smallest absolute Gasteiger partial charge is 0.329 e. The number of nitro groups is 1. The second-order valence-corrected chi connectivity index (χ2v) is 9.27. The van der Waals surface area contributed by atoms with Gasteiger partial charge in [0.1, 0.15) is 24.6 Å². The molecule has 0 atom stereocenters. The van der Waals surface area contributed by atoms with Crippen LogP contribution >= 0.6 is 0 Å². The van der Waals surface area contributed by atoms with Crippen LogP contribution in [0.4, 0.5) is 16.2 Å². The summed E-state index contributed by atoms with van der Waals surface area (Å²) in [5, 5.41) is 16.1. The Morgan fingerprint density at radius 1 is 1.09 bits per heavy atom. The number of nitrogens with zero attached hydrogens (tertiary/aromatic N) is 2. The molecule has 3 aromatic carbocycles. The van der Waals surface area contributed by atoms with E-state index in [1.165, 1.54) is 25.3 Å². The number of methoxy groups -OCH3 is 1. The van der Waals surface area contributed by atoms with Crippen molar-refractivity contribution in [3.05, 3.63) is 106 Å². The molecule has 0 bridgehead atoms. The Morgan fingerprint density at radius 2 is 1.84 bits per heavy atom. The predicted molar refractivity (Wildman–Crippen MR) is 159 cm³/mol. The maximum atomic E-state index is 13.1. The fourth-order valence-electron chi connectivity index (χ4n) is 4.33. The van der Waals surface area contributed by atoms with Crippen LogP contribution in [-0.4, -0.2) is 47.9 Å². The molecule has 1 aliphatic rings. The molecule has 0 unspecified atom stereocenters. The number of carbonyl (C=O) groups excluding carboxylic acids is 3. The van der Waals surface area contributed by atoms with Crippen molar-refractivity contribution in [1.29, 1.82) is 0 Å². The van der Waals surface area contributed by atoms with Gasteiger partial charge in [0.25, 0.3) is 11.6 Å². The van der Waals surface area contributed by atoms with Crippen LogP contribution in [0.15, 0.2) is 79.0 Å². The molecule has 0 aliphatic carbocycles. The Bertz CT molecular complexity index is 1580. The molecular formula is C31H30N4O8. The first-order valence-electron chi connectivity index (χ1n) is 13.3. The Hall–Kier alpha value is -5.65. The SMILES string of the molecule is C=CCc1cc(/C=C2/NC(=O)N(CC(=O)Nc3ccccc3OC)C2=O)cc(OCC)c1OCc1ccc([N+](=O)[O-])cc1. The highest BCUT2D eigenvalue weighted by Crippen LogP contribution is 2.35. The third-order valence-corrected chi connectivity index (χ3v) is 6.30. The summed E-state index contributed by atoms with van der Waals surface area (Å²) in [4.78, 5) is 49.7. The van der Waals surface area contributed by atoms with Gasteiger partial charge in [-0.15, -0.1) is 6.58 Å². The molecule has 3 aromatic rings. The Kier molecular flexibility index (Phi) is 9.74. The highest BCUT2D eigenvalue weighted by Gasteiger charge is 2.35. The standard InChI is InChI=1S/C31H30N4O8/c1-4-8-22-15-21(17-27(42-5-2)29(22)43-19-20-11-13-23(14-12-20)35(39)40)16-25-30(37)34(31(38)33-25)18-28(36)32-24-9-6-7-10-26(24)41-3/h4,6-7,9-17H,1,5,8,18-19H2,2-3H3,(H,32,36)(H,33,38)/b25-16+. The predicted octanol–water partition coefficient (Wildman–Crippen LogP) is 4.84. The molecule has 1 aliphatic heterocycles. The lowest BCUT2D eigenvalue weighted by atomic mass is 10.0. The van der Waals surface area contributed by atoms with Gasteiger partial charge >= 0.3 is 6.03 Å². The van der Waals surface area contributed by atoms with Gasteiger partial charge in [0.2, 0.25) is 5.91 Å². The monoisotopic (exact) mass is 586 g/mol. The Labute approximate surface area is 247 Å². The summed E-state index contributed by atoms with van der Waals surface area (Å²) in [5.41, 5.74) is 2.35. The van der Waals surface area contributed by atoms with E-state index in [1.54, 1.807) is 54.6 Å². The van der Waals surface area contributed by atoms with Crippen LogP contribution in [0.3, 0.4) is 0 Å². The minimum Gasteiger partial charge on any atom is -0.495 e. The van der Waals surface area contributed by atoms with Crippen molar-refractivity contribution >= 4 is 35.3 Å². The van der Waals surface area contributed by atoms with Crippen molar-refractivity contribution in [1.82, 2.24) is 10.2 Å². The average molecular weight is 587 g/mol. The van der Waals surface area contributed by atoms with E-state index in [9.17, 15) is 24.5 Å². The lowest BCUT2D eigenvalue weighted by Gasteiger charge is -2.17. The number of rotatable bonds is 13. The van der Waals surface area contributed by atoms with E-state index in [-0.39, 0.29) is 18.0 Å². The largest absolute Gasteiger partial charge is 0.495 e. The van der Waals surface area contributed by atoms with Gasteiger partial charge in [-0.05, 0) is 66.9 Å².